The third kappa shape index (κ3) is 3.18. The molecule has 0 atom stereocenters. The first kappa shape index (κ1) is 15.0. The average Bonchev–Trinajstić information content (AvgIpc) is 2.41. The number of aromatic nitrogens is 1. The SMILES string of the molecule is CC(C)c1c(O)cc(/C=C/c2cccc(F)n2)c(F)c1O. The summed E-state index contributed by atoms with van der Waals surface area (Å²) in [6.07, 6.45) is 2.72. The maximum atomic E-state index is 14.1. The minimum absolute atomic E-state index is 0.000427. The summed E-state index contributed by atoms with van der Waals surface area (Å²) in [7, 11) is 0. The van der Waals surface area contributed by atoms with Gasteiger partial charge in [0, 0.05) is 11.1 Å². The van der Waals surface area contributed by atoms with E-state index in [0.29, 0.717) is 5.69 Å². The number of phenols is 2. The summed E-state index contributed by atoms with van der Waals surface area (Å²) in [6.45, 7) is 3.47. The van der Waals surface area contributed by atoms with Crippen molar-refractivity contribution in [2.24, 2.45) is 0 Å². The number of benzene rings is 1. The van der Waals surface area contributed by atoms with Crippen LogP contribution in [0.25, 0.3) is 12.2 Å². The molecule has 5 heteroatoms. The van der Waals surface area contributed by atoms with Crippen LogP contribution in [0.15, 0.2) is 24.3 Å². The second kappa shape index (κ2) is 5.91. The van der Waals surface area contributed by atoms with Gasteiger partial charge in [0.15, 0.2) is 11.6 Å². The summed E-state index contributed by atoms with van der Waals surface area (Å²) in [5, 5.41) is 19.7. The van der Waals surface area contributed by atoms with E-state index in [2.05, 4.69) is 4.98 Å². The Morgan fingerprint density at radius 3 is 2.48 bits per heavy atom. The van der Waals surface area contributed by atoms with Gasteiger partial charge in [-0.3, -0.25) is 0 Å². The summed E-state index contributed by atoms with van der Waals surface area (Å²) < 4.78 is 27.0. The van der Waals surface area contributed by atoms with E-state index in [9.17, 15) is 19.0 Å². The van der Waals surface area contributed by atoms with Gasteiger partial charge in [0.05, 0.1) is 5.69 Å². The monoisotopic (exact) mass is 291 g/mol. The first-order chi connectivity index (χ1) is 9.90. The van der Waals surface area contributed by atoms with Crippen LogP contribution in [0.1, 0.15) is 36.6 Å². The maximum Gasteiger partial charge on any atom is 0.213 e. The van der Waals surface area contributed by atoms with E-state index in [1.165, 1.54) is 30.4 Å². The molecule has 2 aromatic rings. The summed E-state index contributed by atoms with van der Waals surface area (Å²) in [4.78, 5) is 3.61. The van der Waals surface area contributed by atoms with Crippen LogP contribution in [0.2, 0.25) is 0 Å². The molecule has 0 bridgehead atoms. The van der Waals surface area contributed by atoms with Gasteiger partial charge < -0.3 is 10.2 Å². The van der Waals surface area contributed by atoms with Crippen molar-refractivity contribution in [1.29, 1.82) is 0 Å². The van der Waals surface area contributed by atoms with Crippen molar-refractivity contribution in [3.63, 3.8) is 0 Å². The molecule has 1 aromatic carbocycles. The smallest absolute Gasteiger partial charge is 0.213 e. The second-order valence-electron chi connectivity index (χ2n) is 4.93. The quantitative estimate of drug-likeness (QED) is 0.838. The van der Waals surface area contributed by atoms with Crippen LogP contribution in [0.5, 0.6) is 11.5 Å². The fourth-order valence-corrected chi connectivity index (χ4v) is 2.05. The van der Waals surface area contributed by atoms with Gasteiger partial charge in [-0.2, -0.15) is 4.39 Å². The molecule has 0 spiro atoms. The molecule has 0 saturated heterocycles. The molecule has 0 fully saturated rings. The Labute approximate surface area is 121 Å². The molecular weight excluding hydrogens is 276 g/mol. The van der Waals surface area contributed by atoms with Crippen LogP contribution in [0.4, 0.5) is 8.78 Å². The van der Waals surface area contributed by atoms with Crippen molar-refractivity contribution in [2.75, 3.05) is 0 Å². The van der Waals surface area contributed by atoms with Crippen molar-refractivity contribution in [3.05, 3.63) is 52.9 Å². The standard InChI is InChI=1S/C16H15F2NO2/c1-9(2)14-12(20)8-10(15(18)16(14)21)6-7-11-4-3-5-13(17)19-11/h3-9,20-21H,1-2H3/b7-6+. The largest absolute Gasteiger partial charge is 0.507 e. The Morgan fingerprint density at radius 2 is 1.86 bits per heavy atom. The third-order valence-corrected chi connectivity index (χ3v) is 3.03. The lowest BCUT2D eigenvalue weighted by atomic mass is 9.98. The van der Waals surface area contributed by atoms with Crippen LogP contribution in [0, 0.1) is 11.8 Å². The molecule has 110 valence electrons. The molecule has 21 heavy (non-hydrogen) atoms. The average molecular weight is 291 g/mol. The number of aromatic hydroxyl groups is 2. The summed E-state index contributed by atoms with van der Waals surface area (Å²) in [6, 6.07) is 5.46. The zero-order valence-electron chi connectivity index (χ0n) is 11.6. The minimum Gasteiger partial charge on any atom is -0.507 e. The number of hydrogen-bond donors (Lipinski definition) is 2. The fraction of sp³-hybridized carbons (Fsp3) is 0.188. The highest BCUT2D eigenvalue weighted by molar-refractivity contribution is 5.71. The Morgan fingerprint density at radius 1 is 1.14 bits per heavy atom. The fourth-order valence-electron chi connectivity index (χ4n) is 2.05. The van der Waals surface area contributed by atoms with Gasteiger partial charge in [-0.15, -0.1) is 0 Å². The molecule has 0 aliphatic heterocycles. The summed E-state index contributed by atoms with van der Waals surface area (Å²) in [5.74, 6) is -2.45. The van der Waals surface area contributed by atoms with Gasteiger partial charge in [0.1, 0.15) is 5.75 Å². The Kier molecular flexibility index (Phi) is 4.21. The summed E-state index contributed by atoms with van der Waals surface area (Å²) in [5.41, 5.74) is 0.468. The lowest BCUT2D eigenvalue weighted by Crippen LogP contribution is -1.94. The number of pyridine rings is 1. The first-order valence-electron chi connectivity index (χ1n) is 6.45. The lowest BCUT2D eigenvalue weighted by molar-refractivity contribution is 0.404. The molecule has 0 unspecified atom stereocenters. The molecule has 1 heterocycles. The van der Waals surface area contributed by atoms with Gasteiger partial charge in [0.25, 0.3) is 0 Å². The van der Waals surface area contributed by atoms with E-state index in [1.807, 2.05) is 0 Å². The van der Waals surface area contributed by atoms with E-state index in [0.717, 1.165) is 0 Å². The van der Waals surface area contributed by atoms with Crippen molar-refractivity contribution in [3.8, 4) is 11.5 Å². The molecule has 0 aliphatic carbocycles. The van der Waals surface area contributed by atoms with Crippen LogP contribution >= 0.6 is 0 Å². The first-order valence-corrected chi connectivity index (χ1v) is 6.45. The molecule has 0 saturated carbocycles. The highest BCUT2D eigenvalue weighted by Gasteiger charge is 2.18. The molecule has 0 radical (unpaired) electrons. The lowest BCUT2D eigenvalue weighted by Gasteiger charge is -2.13. The maximum absolute atomic E-state index is 14.1. The predicted octanol–water partition coefficient (Wildman–Crippen LogP) is 4.06. The van der Waals surface area contributed by atoms with Crippen molar-refractivity contribution >= 4 is 12.2 Å². The van der Waals surface area contributed by atoms with E-state index in [-0.39, 0.29) is 22.8 Å². The van der Waals surface area contributed by atoms with Crippen molar-refractivity contribution < 1.29 is 19.0 Å². The number of phenolic OH excluding ortho intramolecular Hbond substituents is 2. The number of nitrogens with zero attached hydrogens (tertiary/aromatic N) is 1. The van der Waals surface area contributed by atoms with E-state index < -0.39 is 17.5 Å². The predicted molar refractivity (Wildman–Crippen MR) is 76.9 cm³/mol. The normalized spacial score (nSPS) is 11.5. The highest BCUT2D eigenvalue weighted by Crippen LogP contribution is 2.38. The minimum atomic E-state index is -0.829. The Balaban J connectivity index is 2.42. The van der Waals surface area contributed by atoms with E-state index in [1.54, 1.807) is 19.9 Å². The van der Waals surface area contributed by atoms with Crippen molar-refractivity contribution in [1.82, 2.24) is 4.98 Å². The van der Waals surface area contributed by atoms with Crippen LogP contribution in [-0.4, -0.2) is 15.2 Å². The van der Waals surface area contributed by atoms with Crippen LogP contribution in [-0.2, 0) is 0 Å². The Hall–Kier alpha value is -2.43. The third-order valence-electron chi connectivity index (χ3n) is 3.03. The molecular formula is C16H15F2NO2. The number of rotatable bonds is 3. The van der Waals surface area contributed by atoms with Gasteiger partial charge in [-0.1, -0.05) is 19.9 Å². The van der Waals surface area contributed by atoms with Crippen molar-refractivity contribution in [2.45, 2.75) is 19.8 Å². The van der Waals surface area contributed by atoms with Crippen LogP contribution in [0.3, 0.4) is 0 Å². The number of halogens is 2. The molecule has 0 aliphatic rings. The van der Waals surface area contributed by atoms with Gasteiger partial charge in [-0.05, 0) is 36.3 Å². The molecule has 0 amide bonds. The molecule has 2 N–H and O–H groups in total. The second-order valence-corrected chi connectivity index (χ2v) is 4.93. The highest BCUT2D eigenvalue weighted by atomic mass is 19.1. The molecule has 1 aromatic heterocycles. The van der Waals surface area contributed by atoms with Gasteiger partial charge in [-0.25, -0.2) is 9.37 Å². The number of hydrogen-bond acceptors (Lipinski definition) is 3. The zero-order chi connectivity index (χ0) is 15.6. The zero-order valence-corrected chi connectivity index (χ0v) is 11.6. The van der Waals surface area contributed by atoms with E-state index >= 15 is 0 Å². The molecule has 2 rings (SSSR count). The van der Waals surface area contributed by atoms with Gasteiger partial charge >= 0.3 is 0 Å². The van der Waals surface area contributed by atoms with Gasteiger partial charge in [0.2, 0.25) is 5.95 Å². The topological polar surface area (TPSA) is 53.4 Å². The molecule has 3 nitrogen and oxygen atoms in total. The van der Waals surface area contributed by atoms with E-state index in [4.69, 9.17) is 0 Å². The Bertz CT molecular complexity index is 697. The summed E-state index contributed by atoms with van der Waals surface area (Å²) >= 11 is 0. The van der Waals surface area contributed by atoms with Crippen LogP contribution < -0.4 is 0 Å².